The van der Waals surface area contributed by atoms with Gasteiger partial charge in [0, 0.05) is 11.5 Å². The monoisotopic (exact) mass is 193 g/mol. The predicted molar refractivity (Wildman–Crippen MR) is 50.2 cm³/mol. The number of aromatic nitrogens is 1. The van der Waals surface area contributed by atoms with Gasteiger partial charge in [-0.3, -0.25) is 4.79 Å². The molecule has 2 aromatic rings. The fourth-order valence-electron chi connectivity index (χ4n) is 1.42. The summed E-state index contributed by atoms with van der Waals surface area (Å²) in [5.41, 5.74) is 0.966. The first-order valence-electron chi connectivity index (χ1n) is 4.06. The van der Waals surface area contributed by atoms with Crippen LogP contribution in [-0.4, -0.2) is 18.4 Å². The average Bonchev–Trinajstić information content (AvgIpc) is 2.59. The Labute approximate surface area is 79.5 Å². The van der Waals surface area contributed by atoms with Crippen molar-refractivity contribution in [2.24, 2.45) is 0 Å². The van der Waals surface area contributed by atoms with Crippen LogP contribution in [0.2, 0.25) is 0 Å². The van der Waals surface area contributed by atoms with E-state index in [9.17, 15) is 9.18 Å². The highest BCUT2D eigenvalue weighted by Crippen LogP contribution is 2.27. The molecule has 72 valence electrons. The lowest BCUT2D eigenvalue weighted by atomic mass is 10.2. The predicted octanol–water partition coefficient (Wildman–Crippen LogP) is 2.13. The molecule has 14 heavy (non-hydrogen) atoms. The molecule has 0 saturated carbocycles. The highest BCUT2D eigenvalue weighted by Gasteiger charge is 2.07. The molecular weight excluding hydrogens is 185 g/mol. The largest absolute Gasteiger partial charge is 0.496 e. The van der Waals surface area contributed by atoms with Gasteiger partial charge in [0.25, 0.3) is 0 Å². The SMILES string of the molecule is COc1cc(F)cc2[nH]c(C=O)cc12. The van der Waals surface area contributed by atoms with Crippen LogP contribution in [0.4, 0.5) is 4.39 Å². The number of rotatable bonds is 2. The minimum atomic E-state index is -0.395. The summed E-state index contributed by atoms with van der Waals surface area (Å²) in [6, 6.07) is 4.23. The van der Waals surface area contributed by atoms with Gasteiger partial charge in [0.2, 0.25) is 0 Å². The van der Waals surface area contributed by atoms with Crippen LogP contribution in [0.15, 0.2) is 18.2 Å². The first kappa shape index (κ1) is 8.74. The van der Waals surface area contributed by atoms with E-state index in [-0.39, 0.29) is 0 Å². The Morgan fingerprint density at radius 3 is 2.86 bits per heavy atom. The summed E-state index contributed by atoms with van der Waals surface area (Å²) in [6.07, 6.45) is 0.678. The van der Waals surface area contributed by atoms with E-state index in [1.807, 2.05) is 0 Å². The molecule has 0 spiro atoms. The Balaban J connectivity index is 2.77. The first-order chi connectivity index (χ1) is 6.74. The molecule has 0 aliphatic heterocycles. The topological polar surface area (TPSA) is 42.1 Å². The number of halogens is 1. The van der Waals surface area contributed by atoms with Gasteiger partial charge >= 0.3 is 0 Å². The Bertz CT molecular complexity index is 490. The fourth-order valence-corrected chi connectivity index (χ4v) is 1.42. The molecule has 1 heterocycles. The average molecular weight is 193 g/mol. The zero-order valence-corrected chi connectivity index (χ0v) is 7.50. The van der Waals surface area contributed by atoms with Crippen LogP contribution in [0.5, 0.6) is 5.75 Å². The van der Waals surface area contributed by atoms with Crippen LogP contribution in [-0.2, 0) is 0 Å². The van der Waals surface area contributed by atoms with Crippen LogP contribution in [0.3, 0.4) is 0 Å². The van der Waals surface area contributed by atoms with E-state index in [4.69, 9.17) is 4.74 Å². The van der Waals surface area contributed by atoms with E-state index in [2.05, 4.69) is 4.98 Å². The lowest BCUT2D eigenvalue weighted by Crippen LogP contribution is -1.85. The molecule has 0 unspecified atom stereocenters. The number of nitrogens with one attached hydrogen (secondary N) is 1. The third-order valence-electron chi connectivity index (χ3n) is 2.03. The standard InChI is InChI=1S/C10H8FNO2/c1-14-10-3-6(11)2-9-8(10)4-7(5-13)12-9/h2-5,12H,1H3. The van der Waals surface area contributed by atoms with E-state index in [1.165, 1.54) is 19.2 Å². The van der Waals surface area contributed by atoms with Gasteiger partial charge in [-0.25, -0.2) is 4.39 Å². The number of carbonyl (C=O) groups excluding carboxylic acids is 1. The van der Waals surface area contributed by atoms with Crippen molar-refractivity contribution in [3.8, 4) is 5.75 Å². The van der Waals surface area contributed by atoms with Crippen molar-refractivity contribution < 1.29 is 13.9 Å². The Hall–Kier alpha value is -1.84. The maximum atomic E-state index is 13.0. The molecule has 0 aliphatic rings. The van der Waals surface area contributed by atoms with Gasteiger partial charge < -0.3 is 9.72 Å². The zero-order chi connectivity index (χ0) is 10.1. The highest BCUT2D eigenvalue weighted by molar-refractivity contribution is 5.92. The number of methoxy groups -OCH3 is 1. The van der Waals surface area contributed by atoms with Crippen LogP contribution >= 0.6 is 0 Å². The van der Waals surface area contributed by atoms with Gasteiger partial charge in [-0.15, -0.1) is 0 Å². The van der Waals surface area contributed by atoms with E-state index < -0.39 is 5.82 Å². The maximum absolute atomic E-state index is 13.0. The first-order valence-corrected chi connectivity index (χ1v) is 4.06. The normalized spacial score (nSPS) is 10.4. The summed E-state index contributed by atoms with van der Waals surface area (Å²) in [4.78, 5) is 13.3. The molecule has 0 fully saturated rings. The molecule has 1 aromatic heterocycles. The number of carbonyl (C=O) groups is 1. The molecule has 0 radical (unpaired) electrons. The maximum Gasteiger partial charge on any atom is 0.166 e. The van der Waals surface area contributed by atoms with Crippen molar-refractivity contribution in [2.75, 3.05) is 7.11 Å². The number of aromatic amines is 1. The molecule has 0 atom stereocenters. The van der Waals surface area contributed by atoms with E-state index in [0.717, 1.165) is 0 Å². The number of aldehydes is 1. The second-order valence-electron chi connectivity index (χ2n) is 2.91. The zero-order valence-electron chi connectivity index (χ0n) is 7.50. The third kappa shape index (κ3) is 1.25. The van der Waals surface area contributed by atoms with E-state index in [0.29, 0.717) is 28.6 Å². The van der Waals surface area contributed by atoms with Crippen molar-refractivity contribution >= 4 is 17.2 Å². The molecular formula is C10H8FNO2. The second kappa shape index (κ2) is 3.14. The highest BCUT2D eigenvalue weighted by atomic mass is 19.1. The lowest BCUT2D eigenvalue weighted by molar-refractivity contribution is 0.112. The fraction of sp³-hybridized carbons (Fsp3) is 0.100. The smallest absolute Gasteiger partial charge is 0.166 e. The van der Waals surface area contributed by atoms with Crippen LogP contribution in [0.25, 0.3) is 10.9 Å². The molecule has 1 N–H and O–H groups in total. The molecule has 2 rings (SSSR count). The number of fused-ring (bicyclic) bond motifs is 1. The Morgan fingerprint density at radius 1 is 1.43 bits per heavy atom. The number of H-pyrrole nitrogens is 1. The van der Waals surface area contributed by atoms with Gasteiger partial charge in [0.05, 0.1) is 18.3 Å². The quantitative estimate of drug-likeness (QED) is 0.742. The summed E-state index contributed by atoms with van der Waals surface area (Å²) in [5.74, 6) is 0.0259. The van der Waals surface area contributed by atoms with Crippen molar-refractivity contribution in [1.29, 1.82) is 0 Å². The molecule has 0 bridgehead atoms. The Morgan fingerprint density at radius 2 is 2.21 bits per heavy atom. The number of benzene rings is 1. The van der Waals surface area contributed by atoms with Gasteiger partial charge in [-0.05, 0) is 12.1 Å². The van der Waals surface area contributed by atoms with Gasteiger partial charge in [-0.1, -0.05) is 0 Å². The van der Waals surface area contributed by atoms with Crippen molar-refractivity contribution in [3.63, 3.8) is 0 Å². The lowest BCUT2D eigenvalue weighted by Gasteiger charge is -2.00. The van der Waals surface area contributed by atoms with Crippen molar-refractivity contribution in [2.45, 2.75) is 0 Å². The number of hydrogen-bond acceptors (Lipinski definition) is 2. The summed E-state index contributed by atoms with van der Waals surface area (Å²) in [7, 11) is 1.46. The second-order valence-corrected chi connectivity index (χ2v) is 2.91. The molecule has 1 aromatic carbocycles. The number of ether oxygens (including phenoxy) is 1. The Kier molecular flexibility index (Phi) is 1.96. The van der Waals surface area contributed by atoms with Gasteiger partial charge in [0.15, 0.2) is 6.29 Å². The van der Waals surface area contributed by atoms with E-state index in [1.54, 1.807) is 6.07 Å². The minimum Gasteiger partial charge on any atom is -0.496 e. The summed E-state index contributed by atoms with van der Waals surface area (Å²) >= 11 is 0. The summed E-state index contributed by atoms with van der Waals surface area (Å²) in [6.45, 7) is 0. The third-order valence-corrected chi connectivity index (χ3v) is 2.03. The minimum absolute atomic E-state index is 0.395. The molecule has 0 aliphatic carbocycles. The van der Waals surface area contributed by atoms with Gasteiger partial charge in [-0.2, -0.15) is 0 Å². The van der Waals surface area contributed by atoms with Crippen molar-refractivity contribution in [1.82, 2.24) is 4.98 Å². The van der Waals surface area contributed by atoms with Crippen LogP contribution < -0.4 is 4.74 Å². The van der Waals surface area contributed by atoms with Crippen molar-refractivity contribution in [3.05, 3.63) is 29.7 Å². The summed E-state index contributed by atoms with van der Waals surface area (Å²) < 4.78 is 18.0. The molecule has 4 heteroatoms. The molecule has 0 saturated heterocycles. The van der Waals surface area contributed by atoms with Crippen LogP contribution in [0, 0.1) is 5.82 Å². The number of hydrogen-bond donors (Lipinski definition) is 1. The van der Waals surface area contributed by atoms with Crippen LogP contribution in [0.1, 0.15) is 10.5 Å². The van der Waals surface area contributed by atoms with Gasteiger partial charge in [0.1, 0.15) is 11.6 Å². The van der Waals surface area contributed by atoms with E-state index >= 15 is 0 Å². The summed E-state index contributed by atoms with van der Waals surface area (Å²) in [5, 5.41) is 0.705. The molecule has 3 nitrogen and oxygen atoms in total. The molecule has 0 amide bonds.